The number of carbonyl (C=O) groups excluding carboxylic acids is 1. The summed E-state index contributed by atoms with van der Waals surface area (Å²) in [7, 11) is 3.30. The summed E-state index contributed by atoms with van der Waals surface area (Å²) in [6.07, 6.45) is 1.75. The maximum absolute atomic E-state index is 12.8. The van der Waals surface area contributed by atoms with Crippen LogP contribution in [0.25, 0.3) is 0 Å². The second-order valence-corrected chi connectivity index (χ2v) is 9.43. The molecule has 8 nitrogen and oxygen atoms in total. The maximum Gasteiger partial charge on any atom is 0.265 e. The summed E-state index contributed by atoms with van der Waals surface area (Å²) in [6, 6.07) is 20.1. The zero-order valence-electron chi connectivity index (χ0n) is 21.9. The summed E-state index contributed by atoms with van der Waals surface area (Å²) in [6.45, 7) is 3.53. The van der Waals surface area contributed by atoms with Gasteiger partial charge in [0.15, 0.2) is 29.1 Å². The van der Waals surface area contributed by atoms with Crippen LogP contribution in [0.15, 0.2) is 60.7 Å². The van der Waals surface area contributed by atoms with Crippen molar-refractivity contribution in [3.8, 4) is 28.7 Å². The molecule has 0 spiro atoms. The molecule has 200 valence electrons. The number of methoxy groups -OCH3 is 2. The van der Waals surface area contributed by atoms with Crippen molar-refractivity contribution in [3.63, 3.8) is 0 Å². The Morgan fingerprint density at radius 3 is 2.39 bits per heavy atom. The van der Waals surface area contributed by atoms with Crippen molar-refractivity contribution in [1.29, 1.82) is 0 Å². The third-order valence-corrected chi connectivity index (χ3v) is 6.82. The molecule has 1 unspecified atom stereocenters. The van der Waals surface area contributed by atoms with Crippen molar-refractivity contribution in [2.75, 3.05) is 45.8 Å². The largest absolute Gasteiger partial charge is 0.493 e. The van der Waals surface area contributed by atoms with E-state index < -0.39 is 6.10 Å². The number of hydrogen-bond donors (Lipinski definition) is 1. The average molecular weight is 519 g/mol. The Hall–Kier alpha value is -3.91. The highest BCUT2D eigenvalue weighted by atomic mass is 16.6. The van der Waals surface area contributed by atoms with Crippen LogP contribution in [0.2, 0.25) is 0 Å². The quantitative estimate of drug-likeness (QED) is 0.394. The average Bonchev–Trinajstić information content (AvgIpc) is 2.95. The Balaban J connectivity index is 1.21. The van der Waals surface area contributed by atoms with E-state index in [4.69, 9.17) is 23.7 Å². The third-order valence-electron chi connectivity index (χ3n) is 6.82. The maximum atomic E-state index is 12.8. The van der Waals surface area contributed by atoms with Crippen LogP contribution in [0.3, 0.4) is 0 Å². The van der Waals surface area contributed by atoms with E-state index in [2.05, 4.69) is 40.5 Å². The first kappa shape index (κ1) is 25.7. The number of amides is 1. The van der Waals surface area contributed by atoms with Gasteiger partial charge in [-0.15, -0.1) is 0 Å². The molecular weight excluding hydrogens is 484 g/mol. The van der Waals surface area contributed by atoms with Gasteiger partial charge >= 0.3 is 0 Å². The van der Waals surface area contributed by atoms with Gasteiger partial charge in [-0.05, 0) is 49.1 Å². The summed E-state index contributed by atoms with van der Waals surface area (Å²) >= 11 is 0. The van der Waals surface area contributed by atoms with Gasteiger partial charge in [-0.1, -0.05) is 36.4 Å². The van der Waals surface area contributed by atoms with E-state index in [9.17, 15) is 4.79 Å². The molecule has 0 saturated heterocycles. The van der Waals surface area contributed by atoms with Crippen molar-refractivity contribution < 1.29 is 28.5 Å². The van der Waals surface area contributed by atoms with E-state index in [1.807, 2.05) is 18.2 Å². The van der Waals surface area contributed by atoms with E-state index in [0.717, 1.165) is 44.0 Å². The van der Waals surface area contributed by atoms with E-state index in [0.29, 0.717) is 42.6 Å². The molecule has 3 aromatic rings. The Morgan fingerprint density at radius 2 is 1.63 bits per heavy atom. The molecule has 0 aromatic heterocycles. The number of hydrogen-bond acceptors (Lipinski definition) is 7. The van der Waals surface area contributed by atoms with Crippen LogP contribution >= 0.6 is 0 Å². The highest BCUT2D eigenvalue weighted by Gasteiger charge is 2.29. The SMILES string of the molecule is COc1ccc(CCN(CCCC2Oc3cc4c(cc3NC2=O)OCCO4)Cc2ccccc2)cc1OC. The van der Waals surface area contributed by atoms with Crippen LogP contribution in [-0.4, -0.2) is 57.4 Å². The number of nitrogens with one attached hydrogen (secondary N) is 1. The van der Waals surface area contributed by atoms with Crippen LogP contribution < -0.4 is 29.0 Å². The molecule has 1 atom stereocenters. The molecule has 8 heteroatoms. The molecule has 5 rings (SSSR count). The first-order chi connectivity index (χ1) is 18.6. The van der Waals surface area contributed by atoms with Crippen molar-refractivity contribution in [1.82, 2.24) is 4.90 Å². The number of carbonyl (C=O) groups is 1. The Labute approximate surface area is 223 Å². The molecule has 0 aliphatic carbocycles. The number of ether oxygens (including phenoxy) is 5. The third kappa shape index (κ3) is 6.14. The first-order valence-electron chi connectivity index (χ1n) is 13.0. The molecule has 1 amide bonds. The second kappa shape index (κ2) is 12.1. The molecule has 0 bridgehead atoms. The Morgan fingerprint density at radius 1 is 0.868 bits per heavy atom. The zero-order chi connectivity index (χ0) is 26.3. The molecule has 1 N–H and O–H groups in total. The summed E-state index contributed by atoms with van der Waals surface area (Å²) in [4.78, 5) is 15.2. The Kier molecular flexibility index (Phi) is 8.19. The minimum absolute atomic E-state index is 0.130. The van der Waals surface area contributed by atoms with Gasteiger partial charge < -0.3 is 29.0 Å². The summed E-state index contributed by atoms with van der Waals surface area (Å²) < 4.78 is 28.2. The van der Waals surface area contributed by atoms with Gasteiger partial charge in [0.2, 0.25) is 0 Å². The normalized spacial score (nSPS) is 15.9. The molecule has 3 aromatic carbocycles. The van der Waals surface area contributed by atoms with Gasteiger partial charge in [-0.25, -0.2) is 0 Å². The van der Waals surface area contributed by atoms with Crippen LogP contribution in [0, 0.1) is 0 Å². The Bertz CT molecular complexity index is 1250. The lowest BCUT2D eigenvalue weighted by Crippen LogP contribution is -2.38. The number of rotatable bonds is 11. The van der Waals surface area contributed by atoms with Crippen LogP contribution in [-0.2, 0) is 17.8 Å². The van der Waals surface area contributed by atoms with Crippen molar-refractivity contribution in [3.05, 3.63) is 71.8 Å². The topological polar surface area (TPSA) is 78.5 Å². The minimum Gasteiger partial charge on any atom is -0.493 e. The lowest BCUT2D eigenvalue weighted by molar-refractivity contribution is -0.123. The van der Waals surface area contributed by atoms with Gasteiger partial charge in [-0.2, -0.15) is 0 Å². The monoisotopic (exact) mass is 518 g/mol. The summed E-state index contributed by atoms with van der Waals surface area (Å²) in [5.74, 6) is 3.22. The highest BCUT2D eigenvalue weighted by molar-refractivity contribution is 5.98. The molecule has 2 heterocycles. The fourth-order valence-electron chi connectivity index (χ4n) is 4.81. The molecule has 2 aliphatic heterocycles. The van der Waals surface area contributed by atoms with Crippen LogP contribution in [0.1, 0.15) is 24.0 Å². The van der Waals surface area contributed by atoms with E-state index in [1.54, 1.807) is 26.4 Å². The van der Waals surface area contributed by atoms with Crippen molar-refractivity contribution >= 4 is 11.6 Å². The smallest absolute Gasteiger partial charge is 0.265 e. The first-order valence-corrected chi connectivity index (χ1v) is 13.0. The zero-order valence-corrected chi connectivity index (χ0v) is 21.9. The molecule has 0 saturated carbocycles. The molecule has 0 radical (unpaired) electrons. The predicted octanol–water partition coefficient (Wildman–Crippen LogP) is 4.70. The fourth-order valence-corrected chi connectivity index (χ4v) is 4.81. The lowest BCUT2D eigenvalue weighted by atomic mass is 10.1. The van der Waals surface area contributed by atoms with Gasteiger partial charge in [0, 0.05) is 25.2 Å². The minimum atomic E-state index is -0.547. The van der Waals surface area contributed by atoms with Gasteiger partial charge in [0.05, 0.1) is 19.9 Å². The van der Waals surface area contributed by atoms with E-state index in [-0.39, 0.29) is 5.91 Å². The molecular formula is C30H34N2O6. The van der Waals surface area contributed by atoms with Crippen molar-refractivity contribution in [2.24, 2.45) is 0 Å². The van der Waals surface area contributed by atoms with E-state index in [1.165, 1.54) is 11.1 Å². The van der Waals surface area contributed by atoms with Crippen molar-refractivity contribution in [2.45, 2.75) is 31.9 Å². The number of nitrogens with zero attached hydrogens (tertiary/aromatic N) is 1. The van der Waals surface area contributed by atoms with E-state index >= 15 is 0 Å². The van der Waals surface area contributed by atoms with Gasteiger partial charge in [0.25, 0.3) is 5.91 Å². The highest BCUT2D eigenvalue weighted by Crippen LogP contribution is 2.42. The molecule has 0 fully saturated rings. The second-order valence-electron chi connectivity index (χ2n) is 9.43. The van der Waals surface area contributed by atoms with Crippen LogP contribution in [0.4, 0.5) is 5.69 Å². The molecule has 38 heavy (non-hydrogen) atoms. The summed E-state index contributed by atoms with van der Waals surface area (Å²) in [5, 5.41) is 2.97. The standard InChI is InChI=1S/C30H34N2O6/c1-34-24-11-10-21(17-27(24)35-2)12-14-32(20-22-7-4-3-5-8-22)13-6-9-25-30(33)31-23-18-28-29(19-26(23)38-25)37-16-15-36-28/h3-5,7-8,10-11,17-19,25H,6,9,12-16,20H2,1-2H3,(H,31,33). The number of anilines is 1. The number of benzene rings is 3. The number of fused-ring (bicyclic) bond motifs is 2. The molecule has 2 aliphatic rings. The predicted molar refractivity (Wildman–Crippen MR) is 145 cm³/mol. The van der Waals surface area contributed by atoms with Gasteiger partial charge in [-0.3, -0.25) is 9.69 Å². The summed E-state index contributed by atoms with van der Waals surface area (Å²) in [5.41, 5.74) is 3.06. The van der Waals surface area contributed by atoms with Gasteiger partial charge in [0.1, 0.15) is 19.0 Å². The fraction of sp³-hybridized carbons (Fsp3) is 0.367. The lowest BCUT2D eigenvalue weighted by Gasteiger charge is -2.29. The van der Waals surface area contributed by atoms with Crippen LogP contribution in [0.5, 0.6) is 28.7 Å².